The first-order valence-corrected chi connectivity index (χ1v) is 9.09. The molecule has 0 unspecified atom stereocenters. The fourth-order valence-corrected chi connectivity index (χ4v) is 2.81. The van der Waals surface area contributed by atoms with Crippen molar-refractivity contribution in [2.75, 3.05) is 11.9 Å². The Hall–Kier alpha value is -3.71. The molecule has 7 nitrogen and oxygen atoms in total. The number of hydrogen-bond donors (Lipinski definition) is 1. The van der Waals surface area contributed by atoms with Crippen LogP contribution >= 0.6 is 11.6 Å². The lowest BCUT2D eigenvalue weighted by atomic mass is 10.1. The summed E-state index contributed by atoms with van der Waals surface area (Å²) in [5.74, 6) is 0.827. The molecule has 8 heteroatoms. The number of rotatable bonds is 6. The maximum atomic E-state index is 12.4. The second kappa shape index (κ2) is 8.53. The molecule has 1 amide bonds. The highest BCUT2D eigenvalue weighted by atomic mass is 35.5. The Balaban J connectivity index is 1.49. The van der Waals surface area contributed by atoms with Gasteiger partial charge in [-0.3, -0.25) is 9.78 Å². The summed E-state index contributed by atoms with van der Waals surface area (Å²) >= 11 is 6.04. The van der Waals surface area contributed by atoms with Gasteiger partial charge in [0.25, 0.3) is 11.8 Å². The molecular weight excluding hydrogens is 392 g/mol. The SMILES string of the molecule is O=C(COc1ccccc1Cl)Nc1ccccc1-c1nc(-c2ccncc2)no1. The number of para-hydroxylation sites is 2. The summed E-state index contributed by atoms with van der Waals surface area (Å²) < 4.78 is 10.9. The normalized spacial score (nSPS) is 10.5. The van der Waals surface area contributed by atoms with Crippen LogP contribution in [0.3, 0.4) is 0 Å². The first-order valence-electron chi connectivity index (χ1n) is 8.71. The van der Waals surface area contributed by atoms with Crippen LogP contribution in [0.2, 0.25) is 5.02 Å². The number of halogens is 1. The Labute approximate surface area is 171 Å². The predicted octanol–water partition coefficient (Wildman–Crippen LogP) is 4.47. The summed E-state index contributed by atoms with van der Waals surface area (Å²) in [4.78, 5) is 20.7. The molecule has 0 aliphatic carbocycles. The van der Waals surface area contributed by atoms with E-state index in [0.717, 1.165) is 5.56 Å². The van der Waals surface area contributed by atoms with Crippen molar-refractivity contribution in [3.05, 3.63) is 78.1 Å². The van der Waals surface area contributed by atoms with Gasteiger partial charge < -0.3 is 14.6 Å². The number of ether oxygens (including phenoxy) is 1. The highest BCUT2D eigenvalue weighted by Gasteiger charge is 2.15. The largest absolute Gasteiger partial charge is 0.482 e. The average molecular weight is 407 g/mol. The van der Waals surface area contributed by atoms with E-state index in [1.165, 1.54) is 0 Å². The Morgan fingerprint density at radius 3 is 2.62 bits per heavy atom. The van der Waals surface area contributed by atoms with Gasteiger partial charge in [-0.1, -0.05) is 41.0 Å². The van der Waals surface area contributed by atoms with Crippen LogP contribution in [0.4, 0.5) is 5.69 Å². The van der Waals surface area contributed by atoms with Gasteiger partial charge in [-0.05, 0) is 36.4 Å². The van der Waals surface area contributed by atoms with Crippen LogP contribution in [-0.4, -0.2) is 27.6 Å². The third-order valence-electron chi connectivity index (χ3n) is 3.99. The van der Waals surface area contributed by atoms with Gasteiger partial charge >= 0.3 is 0 Å². The molecule has 4 aromatic rings. The van der Waals surface area contributed by atoms with E-state index < -0.39 is 0 Å². The van der Waals surface area contributed by atoms with E-state index in [2.05, 4.69) is 20.4 Å². The molecule has 2 aromatic carbocycles. The third kappa shape index (κ3) is 4.41. The van der Waals surface area contributed by atoms with Gasteiger partial charge in [0.1, 0.15) is 5.75 Å². The zero-order chi connectivity index (χ0) is 20.1. The van der Waals surface area contributed by atoms with Crippen molar-refractivity contribution in [1.82, 2.24) is 15.1 Å². The Morgan fingerprint density at radius 2 is 1.79 bits per heavy atom. The maximum Gasteiger partial charge on any atom is 0.262 e. The van der Waals surface area contributed by atoms with Crippen molar-refractivity contribution in [2.24, 2.45) is 0 Å². The quantitative estimate of drug-likeness (QED) is 0.508. The van der Waals surface area contributed by atoms with Crippen molar-refractivity contribution in [3.8, 4) is 28.6 Å². The van der Waals surface area contributed by atoms with E-state index in [1.54, 1.807) is 67.0 Å². The molecular formula is C21H15ClN4O3. The second-order valence-electron chi connectivity index (χ2n) is 5.97. The molecule has 0 fully saturated rings. The number of pyridine rings is 1. The molecule has 0 aliphatic rings. The zero-order valence-electron chi connectivity index (χ0n) is 15.1. The maximum absolute atomic E-state index is 12.4. The summed E-state index contributed by atoms with van der Waals surface area (Å²) in [6.45, 7) is -0.190. The van der Waals surface area contributed by atoms with E-state index in [-0.39, 0.29) is 12.5 Å². The molecule has 0 saturated carbocycles. The Bertz CT molecular complexity index is 1130. The molecule has 0 aliphatic heterocycles. The lowest BCUT2D eigenvalue weighted by Crippen LogP contribution is -2.20. The van der Waals surface area contributed by atoms with E-state index >= 15 is 0 Å². The van der Waals surface area contributed by atoms with Crippen molar-refractivity contribution in [3.63, 3.8) is 0 Å². The topological polar surface area (TPSA) is 90.1 Å². The van der Waals surface area contributed by atoms with Crippen LogP contribution in [0.1, 0.15) is 0 Å². The van der Waals surface area contributed by atoms with Crippen LogP contribution in [0.5, 0.6) is 5.75 Å². The molecule has 2 heterocycles. The van der Waals surface area contributed by atoms with Gasteiger partial charge in [-0.25, -0.2) is 0 Å². The van der Waals surface area contributed by atoms with Gasteiger partial charge in [0, 0.05) is 18.0 Å². The van der Waals surface area contributed by atoms with E-state index in [0.29, 0.717) is 33.7 Å². The number of amides is 1. The van der Waals surface area contributed by atoms with E-state index in [1.807, 2.05) is 6.07 Å². The summed E-state index contributed by atoms with van der Waals surface area (Å²) in [5, 5.41) is 7.25. The minimum absolute atomic E-state index is 0.190. The minimum atomic E-state index is -0.341. The Kier molecular flexibility index (Phi) is 5.49. The molecule has 0 radical (unpaired) electrons. The van der Waals surface area contributed by atoms with Gasteiger partial charge in [0.05, 0.1) is 16.3 Å². The summed E-state index contributed by atoms with van der Waals surface area (Å²) in [5.41, 5.74) is 1.92. The summed E-state index contributed by atoms with van der Waals surface area (Å²) in [6.07, 6.45) is 3.30. The molecule has 4 rings (SSSR count). The van der Waals surface area contributed by atoms with E-state index in [4.69, 9.17) is 20.9 Å². The number of nitrogens with one attached hydrogen (secondary N) is 1. The molecule has 144 valence electrons. The zero-order valence-corrected chi connectivity index (χ0v) is 15.8. The number of carbonyl (C=O) groups is 1. The molecule has 1 N–H and O–H groups in total. The minimum Gasteiger partial charge on any atom is -0.482 e. The fraction of sp³-hybridized carbons (Fsp3) is 0.0476. The first-order chi connectivity index (χ1) is 14.2. The van der Waals surface area contributed by atoms with Crippen molar-refractivity contribution in [2.45, 2.75) is 0 Å². The lowest BCUT2D eigenvalue weighted by molar-refractivity contribution is -0.118. The highest BCUT2D eigenvalue weighted by molar-refractivity contribution is 6.32. The summed E-state index contributed by atoms with van der Waals surface area (Å²) in [7, 11) is 0. The van der Waals surface area contributed by atoms with Crippen LogP contribution < -0.4 is 10.1 Å². The van der Waals surface area contributed by atoms with Crippen LogP contribution in [-0.2, 0) is 4.79 Å². The monoisotopic (exact) mass is 406 g/mol. The number of benzene rings is 2. The number of hydrogen-bond acceptors (Lipinski definition) is 6. The lowest BCUT2D eigenvalue weighted by Gasteiger charge is -2.10. The van der Waals surface area contributed by atoms with Crippen LogP contribution in [0.25, 0.3) is 22.8 Å². The first kappa shape index (κ1) is 18.6. The number of nitrogens with zero attached hydrogens (tertiary/aromatic N) is 3. The standard InChI is InChI=1S/C21H15ClN4O3/c22-16-6-2-4-8-18(16)28-13-19(27)24-17-7-3-1-5-15(17)21-25-20(26-29-21)14-9-11-23-12-10-14/h1-12H,13H2,(H,24,27). The van der Waals surface area contributed by atoms with Gasteiger partial charge in [0.15, 0.2) is 6.61 Å². The van der Waals surface area contributed by atoms with Crippen LogP contribution in [0.15, 0.2) is 77.6 Å². The van der Waals surface area contributed by atoms with Crippen LogP contribution in [0, 0.1) is 0 Å². The molecule has 0 bridgehead atoms. The molecule has 0 spiro atoms. The average Bonchev–Trinajstić information content (AvgIpc) is 3.24. The molecule has 0 saturated heterocycles. The number of carbonyl (C=O) groups excluding carboxylic acids is 1. The van der Waals surface area contributed by atoms with E-state index in [9.17, 15) is 4.79 Å². The molecule has 2 aromatic heterocycles. The highest BCUT2D eigenvalue weighted by Crippen LogP contribution is 2.28. The summed E-state index contributed by atoms with van der Waals surface area (Å²) in [6, 6.07) is 17.7. The third-order valence-corrected chi connectivity index (χ3v) is 4.30. The number of aromatic nitrogens is 3. The van der Waals surface area contributed by atoms with Crippen molar-refractivity contribution in [1.29, 1.82) is 0 Å². The number of anilines is 1. The second-order valence-corrected chi connectivity index (χ2v) is 6.38. The smallest absolute Gasteiger partial charge is 0.262 e. The van der Waals surface area contributed by atoms with Crippen molar-refractivity contribution < 1.29 is 14.1 Å². The molecule has 0 atom stereocenters. The molecule has 29 heavy (non-hydrogen) atoms. The van der Waals surface area contributed by atoms with Gasteiger partial charge in [-0.15, -0.1) is 0 Å². The van der Waals surface area contributed by atoms with Gasteiger partial charge in [0.2, 0.25) is 5.82 Å². The van der Waals surface area contributed by atoms with Crippen molar-refractivity contribution >= 4 is 23.2 Å². The fourth-order valence-electron chi connectivity index (χ4n) is 2.62. The van der Waals surface area contributed by atoms with Gasteiger partial charge in [-0.2, -0.15) is 4.98 Å². The Morgan fingerprint density at radius 1 is 1.03 bits per heavy atom. The predicted molar refractivity (Wildman–Crippen MR) is 109 cm³/mol.